The molecule has 7 heteroatoms. The maximum Gasteiger partial charge on any atom is 0.320 e. The van der Waals surface area contributed by atoms with Gasteiger partial charge in [0.1, 0.15) is 6.04 Å². The molecule has 1 amide bonds. The van der Waals surface area contributed by atoms with E-state index in [1.54, 1.807) is 13.8 Å². The number of carboxylic acids is 1. The number of nitrogens with one attached hydrogen (secondary N) is 2. The SMILES string of the molecule is CC(C)[C@H](N)C(=O)O.O=C1CNC(=S)N1. The Labute approximate surface area is 93.2 Å². The Kier molecular flexibility index (Phi) is 5.80. The molecule has 6 nitrogen and oxygen atoms in total. The van der Waals surface area contributed by atoms with Gasteiger partial charge >= 0.3 is 5.97 Å². The highest BCUT2D eigenvalue weighted by molar-refractivity contribution is 7.80. The van der Waals surface area contributed by atoms with Crippen molar-refractivity contribution in [3.8, 4) is 0 Å². The number of aliphatic carboxylic acids is 1. The summed E-state index contributed by atoms with van der Waals surface area (Å²) in [5.41, 5.74) is 5.16. The standard InChI is InChI=1S/C5H11NO2.C3H4N2OS/c1-3(2)4(6)5(7)8;6-2-1-4-3(7)5-2/h3-4H,6H2,1-2H3,(H,7,8);1H2,(H2,4,5,6,7)/t4-;/m0./s1. The molecule has 86 valence electrons. The molecule has 1 atom stereocenters. The normalized spacial score (nSPS) is 16.3. The van der Waals surface area contributed by atoms with Gasteiger partial charge < -0.3 is 21.5 Å². The second kappa shape index (κ2) is 6.31. The molecule has 0 spiro atoms. The molecular weight excluding hydrogens is 218 g/mol. The fraction of sp³-hybridized carbons (Fsp3) is 0.625. The van der Waals surface area contributed by atoms with E-state index in [1.807, 2.05) is 0 Å². The van der Waals surface area contributed by atoms with Crippen LogP contribution in [0.1, 0.15) is 13.8 Å². The van der Waals surface area contributed by atoms with E-state index in [1.165, 1.54) is 0 Å². The minimum Gasteiger partial charge on any atom is -0.480 e. The van der Waals surface area contributed by atoms with Crippen molar-refractivity contribution in [1.82, 2.24) is 10.6 Å². The van der Waals surface area contributed by atoms with Crippen LogP contribution in [-0.4, -0.2) is 34.7 Å². The minimum absolute atomic E-state index is 0.0208. The zero-order valence-corrected chi connectivity index (χ0v) is 9.43. The summed E-state index contributed by atoms with van der Waals surface area (Å²) in [6, 6.07) is -0.713. The number of carboxylic acid groups (broad SMARTS) is 1. The molecule has 0 aromatic rings. The smallest absolute Gasteiger partial charge is 0.320 e. The Morgan fingerprint density at radius 2 is 2.13 bits per heavy atom. The third-order valence-corrected chi connectivity index (χ3v) is 1.91. The van der Waals surface area contributed by atoms with Gasteiger partial charge in [0.2, 0.25) is 5.91 Å². The molecule has 1 rings (SSSR count). The van der Waals surface area contributed by atoms with Crippen LogP contribution in [0.5, 0.6) is 0 Å². The Morgan fingerprint density at radius 1 is 1.60 bits per heavy atom. The molecule has 1 fully saturated rings. The van der Waals surface area contributed by atoms with Crippen LogP contribution in [0.3, 0.4) is 0 Å². The first-order chi connectivity index (χ1) is 6.84. The van der Waals surface area contributed by atoms with Crippen LogP contribution < -0.4 is 16.4 Å². The van der Waals surface area contributed by atoms with Crippen molar-refractivity contribution in [3.63, 3.8) is 0 Å². The number of rotatable bonds is 2. The maximum absolute atomic E-state index is 10.2. The van der Waals surface area contributed by atoms with E-state index >= 15 is 0 Å². The van der Waals surface area contributed by atoms with Gasteiger partial charge in [0, 0.05) is 0 Å². The van der Waals surface area contributed by atoms with E-state index in [9.17, 15) is 9.59 Å². The second-order valence-corrected chi connectivity index (χ2v) is 3.75. The Balaban J connectivity index is 0.000000262. The fourth-order valence-corrected chi connectivity index (χ4v) is 0.847. The summed E-state index contributed by atoms with van der Waals surface area (Å²) in [6.07, 6.45) is 0. The van der Waals surface area contributed by atoms with Crippen molar-refractivity contribution in [3.05, 3.63) is 0 Å². The lowest BCUT2D eigenvalue weighted by molar-refractivity contribution is -0.139. The predicted molar refractivity (Wildman–Crippen MR) is 59.2 cm³/mol. The van der Waals surface area contributed by atoms with E-state index in [2.05, 4.69) is 22.9 Å². The average Bonchev–Trinajstić information content (AvgIpc) is 2.49. The van der Waals surface area contributed by atoms with E-state index in [0.717, 1.165) is 0 Å². The highest BCUT2D eigenvalue weighted by Gasteiger charge is 2.14. The third kappa shape index (κ3) is 5.97. The Morgan fingerprint density at radius 3 is 2.20 bits per heavy atom. The van der Waals surface area contributed by atoms with Crippen LogP contribution in [0.15, 0.2) is 0 Å². The number of hydrogen-bond donors (Lipinski definition) is 4. The molecule has 0 aromatic carbocycles. The summed E-state index contributed by atoms with van der Waals surface area (Å²) >= 11 is 4.55. The highest BCUT2D eigenvalue weighted by Crippen LogP contribution is 1.96. The van der Waals surface area contributed by atoms with Gasteiger partial charge in [-0.1, -0.05) is 13.8 Å². The van der Waals surface area contributed by atoms with Gasteiger partial charge in [-0.3, -0.25) is 9.59 Å². The molecular formula is C8H15N3O3S. The molecule has 0 aromatic heterocycles. The van der Waals surface area contributed by atoms with Gasteiger partial charge in [-0.15, -0.1) is 0 Å². The van der Waals surface area contributed by atoms with E-state index in [0.29, 0.717) is 11.7 Å². The monoisotopic (exact) mass is 233 g/mol. The molecule has 0 radical (unpaired) electrons. The van der Waals surface area contributed by atoms with Gasteiger partial charge in [0.15, 0.2) is 5.11 Å². The molecule has 15 heavy (non-hydrogen) atoms. The topological polar surface area (TPSA) is 104 Å². The van der Waals surface area contributed by atoms with E-state index in [4.69, 9.17) is 10.8 Å². The van der Waals surface area contributed by atoms with Gasteiger partial charge in [0.25, 0.3) is 0 Å². The summed E-state index contributed by atoms with van der Waals surface area (Å²) in [5, 5.41) is 13.7. The van der Waals surface area contributed by atoms with E-state index in [-0.39, 0.29) is 11.8 Å². The number of carbonyl (C=O) groups is 2. The minimum atomic E-state index is -0.931. The summed E-state index contributed by atoms with van der Waals surface area (Å²) < 4.78 is 0. The third-order valence-electron chi connectivity index (χ3n) is 1.67. The molecule has 1 saturated heterocycles. The number of thiocarbonyl (C=S) groups is 1. The molecule has 0 bridgehead atoms. The number of nitrogens with two attached hydrogens (primary N) is 1. The summed E-state index contributed by atoms with van der Waals surface area (Å²) in [6.45, 7) is 3.89. The van der Waals surface area contributed by atoms with Gasteiger partial charge in [-0.05, 0) is 18.1 Å². The van der Waals surface area contributed by atoms with Gasteiger partial charge in [-0.25, -0.2) is 0 Å². The number of carbonyl (C=O) groups excluding carboxylic acids is 1. The molecule has 1 heterocycles. The van der Waals surface area contributed by atoms with Crippen LogP contribution in [0, 0.1) is 5.92 Å². The zero-order valence-electron chi connectivity index (χ0n) is 8.61. The van der Waals surface area contributed by atoms with Gasteiger partial charge in [0.05, 0.1) is 6.54 Å². The van der Waals surface area contributed by atoms with Crippen LogP contribution in [0.25, 0.3) is 0 Å². The lowest BCUT2D eigenvalue weighted by atomic mass is 10.1. The van der Waals surface area contributed by atoms with E-state index < -0.39 is 12.0 Å². The Hall–Kier alpha value is -1.21. The lowest BCUT2D eigenvalue weighted by Gasteiger charge is -2.07. The first-order valence-electron chi connectivity index (χ1n) is 4.40. The second-order valence-electron chi connectivity index (χ2n) is 3.34. The van der Waals surface area contributed by atoms with Crippen LogP contribution in [-0.2, 0) is 9.59 Å². The largest absolute Gasteiger partial charge is 0.480 e. The van der Waals surface area contributed by atoms with Crippen LogP contribution >= 0.6 is 12.2 Å². The molecule has 5 N–H and O–H groups in total. The molecule has 1 aliphatic rings. The average molecular weight is 233 g/mol. The Bertz CT molecular complexity index is 254. The lowest BCUT2D eigenvalue weighted by Crippen LogP contribution is -2.34. The van der Waals surface area contributed by atoms with Crippen molar-refractivity contribution in [2.24, 2.45) is 11.7 Å². The summed E-state index contributed by atoms with van der Waals surface area (Å²) in [5.74, 6) is -0.961. The summed E-state index contributed by atoms with van der Waals surface area (Å²) in [7, 11) is 0. The molecule has 0 aliphatic carbocycles. The van der Waals surface area contributed by atoms with Crippen LogP contribution in [0.2, 0.25) is 0 Å². The zero-order chi connectivity index (χ0) is 12.0. The first-order valence-corrected chi connectivity index (χ1v) is 4.81. The van der Waals surface area contributed by atoms with Gasteiger partial charge in [-0.2, -0.15) is 0 Å². The molecule has 1 aliphatic heterocycles. The van der Waals surface area contributed by atoms with Crippen LogP contribution in [0.4, 0.5) is 0 Å². The maximum atomic E-state index is 10.2. The number of amides is 1. The van der Waals surface area contributed by atoms with Crippen molar-refractivity contribution < 1.29 is 14.7 Å². The van der Waals surface area contributed by atoms with Crippen molar-refractivity contribution in [1.29, 1.82) is 0 Å². The van der Waals surface area contributed by atoms with Crippen molar-refractivity contribution in [2.45, 2.75) is 19.9 Å². The predicted octanol–water partition coefficient (Wildman–Crippen LogP) is -0.955. The first kappa shape index (κ1) is 13.8. The highest BCUT2D eigenvalue weighted by atomic mass is 32.1. The molecule has 0 unspecified atom stereocenters. The van der Waals surface area contributed by atoms with Crippen molar-refractivity contribution >= 4 is 29.2 Å². The fourth-order valence-electron chi connectivity index (χ4n) is 0.661. The van der Waals surface area contributed by atoms with Crippen molar-refractivity contribution in [2.75, 3.05) is 6.54 Å². The quantitative estimate of drug-likeness (QED) is 0.458. The number of hydrogen-bond acceptors (Lipinski definition) is 4. The summed E-state index contributed by atoms with van der Waals surface area (Å²) in [4.78, 5) is 20.2. The molecule has 0 saturated carbocycles.